The predicted molar refractivity (Wildman–Crippen MR) is 128 cm³/mol. The van der Waals surface area contributed by atoms with Crippen molar-refractivity contribution in [3.05, 3.63) is 12.2 Å². The summed E-state index contributed by atoms with van der Waals surface area (Å²) in [5.41, 5.74) is 5.51. The third-order valence-corrected chi connectivity index (χ3v) is 8.61. The Morgan fingerprint density at radius 2 is 0.862 bits per heavy atom. The Labute approximate surface area is 183 Å². The van der Waals surface area contributed by atoms with Crippen molar-refractivity contribution in [2.75, 3.05) is 27.9 Å². The van der Waals surface area contributed by atoms with Crippen LogP contribution in [-0.4, -0.2) is 36.7 Å². The number of hydrogen-bond donors (Lipinski definition) is 1. The standard InChI is InChI=1S/C24H51NO3Si/c1-26-29(27-2,28-3)24-22-20-18-16-14-12-10-8-6-4-5-7-9-11-13-15-17-19-21-23-25/h5,7H,4,6,8-25H2,1-3H3. The summed E-state index contributed by atoms with van der Waals surface area (Å²) in [7, 11) is 2.75. The average Bonchev–Trinajstić information content (AvgIpc) is 2.75. The van der Waals surface area contributed by atoms with E-state index in [2.05, 4.69) is 12.2 Å². The smallest absolute Gasteiger partial charge is 0.377 e. The highest BCUT2D eigenvalue weighted by Crippen LogP contribution is 2.18. The van der Waals surface area contributed by atoms with Gasteiger partial charge in [-0.2, -0.15) is 0 Å². The first-order valence-corrected chi connectivity index (χ1v) is 14.2. The fourth-order valence-corrected chi connectivity index (χ4v) is 5.54. The highest BCUT2D eigenvalue weighted by Gasteiger charge is 2.36. The van der Waals surface area contributed by atoms with Crippen LogP contribution in [0.3, 0.4) is 0 Å². The number of allylic oxidation sites excluding steroid dienone is 2. The van der Waals surface area contributed by atoms with Gasteiger partial charge in [-0.25, -0.2) is 0 Å². The lowest BCUT2D eigenvalue weighted by molar-refractivity contribution is 0.122. The van der Waals surface area contributed by atoms with Crippen LogP contribution >= 0.6 is 0 Å². The first kappa shape index (κ1) is 28.8. The van der Waals surface area contributed by atoms with Gasteiger partial charge in [0.2, 0.25) is 0 Å². The van der Waals surface area contributed by atoms with Crippen LogP contribution in [0.2, 0.25) is 6.04 Å². The van der Waals surface area contributed by atoms with Crippen LogP contribution in [0.15, 0.2) is 12.2 Å². The maximum absolute atomic E-state index is 5.51. The molecule has 0 saturated carbocycles. The molecule has 0 spiro atoms. The monoisotopic (exact) mass is 429 g/mol. The van der Waals surface area contributed by atoms with Gasteiger partial charge in [0.15, 0.2) is 0 Å². The van der Waals surface area contributed by atoms with Gasteiger partial charge in [0, 0.05) is 27.4 Å². The van der Waals surface area contributed by atoms with Crippen LogP contribution in [0, 0.1) is 0 Å². The minimum absolute atomic E-state index is 0.852. The molecule has 0 radical (unpaired) electrons. The van der Waals surface area contributed by atoms with E-state index in [1.54, 1.807) is 21.3 Å². The van der Waals surface area contributed by atoms with Crippen LogP contribution in [0.4, 0.5) is 0 Å². The molecule has 0 aliphatic rings. The second-order valence-electron chi connectivity index (χ2n) is 8.19. The van der Waals surface area contributed by atoms with Crippen molar-refractivity contribution in [2.45, 2.75) is 115 Å². The lowest BCUT2D eigenvalue weighted by Crippen LogP contribution is -2.42. The van der Waals surface area contributed by atoms with Crippen LogP contribution in [-0.2, 0) is 13.3 Å². The van der Waals surface area contributed by atoms with Crippen molar-refractivity contribution in [2.24, 2.45) is 5.73 Å². The van der Waals surface area contributed by atoms with Crippen molar-refractivity contribution in [3.63, 3.8) is 0 Å². The van der Waals surface area contributed by atoms with Gasteiger partial charge in [0.05, 0.1) is 0 Å². The topological polar surface area (TPSA) is 53.7 Å². The van der Waals surface area contributed by atoms with Crippen molar-refractivity contribution in [3.8, 4) is 0 Å². The third kappa shape index (κ3) is 18.3. The molecule has 5 heteroatoms. The number of rotatable bonds is 23. The molecule has 4 nitrogen and oxygen atoms in total. The first-order chi connectivity index (χ1) is 14.2. The van der Waals surface area contributed by atoms with E-state index in [4.69, 9.17) is 19.0 Å². The summed E-state index contributed by atoms with van der Waals surface area (Å²) in [5, 5.41) is 0. The molecule has 0 unspecified atom stereocenters. The summed E-state index contributed by atoms with van der Waals surface area (Å²) >= 11 is 0. The molecule has 0 heterocycles. The van der Waals surface area contributed by atoms with E-state index < -0.39 is 8.80 Å². The van der Waals surface area contributed by atoms with Crippen LogP contribution in [0.25, 0.3) is 0 Å². The summed E-state index contributed by atoms with van der Waals surface area (Å²) < 4.78 is 16.4. The third-order valence-electron chi connectivity index (χ3n) is 5.78. The summed E-state index contributed by atoms with van der Waals surface area (Å²) in [6.07, 6.45) is 27.3. The molecule has 0 fully saturated rings. The van der Waals surface area contributed by atoms with Crippen LogP contribution < -0.4 is 5.73 Å². The molecule has 0 amide bonds. The minimum atomic E-state index is -2.34. The summed E-state index contributed by atoms with van der Waals surface area (Å²) in [5.74, 6) is 0. The van der Waals surface area contributed by atoms with Gasteiger partial charge in [-0.3, -0.25) is 0 Å². The van der Waals surface area contributed by atoms with Crippen molar-refractivity contribution < 1.29 is 13.3 Å². The zero-order valence-electron chi connectivity index (χ0n) is 19.9. The van der Waals surface area contributed by atoms with Crippen LogP contribution in [0.5, 0.6) is 0 Å². The Bertz CT molecular complexity index is 341. The Balaban J connectivity index is 3.25. The van der Waals surface area contributed by atoms with E-state index in [1.807, 2.05) is 0 Å². The molecule has 174 valence electrons. The van der Waals surface area contributed by atoms with Gasteiger partial charge in [0.25, 0.3) is 0 Å². The van der Waals surface area contributed by atoms with Gasteiger partial charge in [-0.05, 0) is 45.1 Å². The molecule has 0 atom stereocenters. The molecule has 0 rings (SSSR count). The maximum atomic E-state index is 5.51. The van der Waals surface area contributed by atoms with E-state index in [9.17, 15) is 0 Å². The lowest BCUT2D eigenvalue weighted by Gasteiger charge is -2.24. The van der Waals surface area contributed by atoms with Crippen molar-refractivity contribution in [1.29, 1.82) is 0 Å². The van der Waals surface area contributed by atoms with E-state index in [0.717, 1.165) is 19.0 Å². The van der Waals surface area contributed by atoms with E-state index >= 15 is 0 Å². The van der Waals surface area contributed by atoms with Crippen molar-refractivity contribution >= 4 is 8.80 Å². The molecule has 0 aliphatic heterocycles. The molecule has 29 heavy (non-hydrogen) atoms. The molecular weight excluding hydrogens is 378 g/mol. The molecular formula is C24H51NO3Si. The molecule has 0 bridgehead atoms. The quantitative estimate of drug-likeness (QED) is 0.108. The van der Waals surface area contributed by atoms with Crippen molar-refractivity contribution in [1.82, 2.24) is 0 Å². The largest absolute Gasteiger partial charge is 0.500 e. The molecule has 0 aromatic heterocycles. The van der Waals surface area contributed by atoms with Crippen LogP contribution in [0.1, 0.15) is 109 Å². The van der Waals surface area contributed by atoms with E-state index in [1.165, 1.54) is 103 Å². The second kappa shape index (κ2) is 22.5. The van der Waals surface area contributed by atoms with Gasteiger partial charge in [-0.1, -0.05) is 82.8 Å². The SMILES string of the molecule is CO[Si](CCCCCCCCCCCC=CCCCCCCCCN)(OC)OC. The summed E-state index contributed by atoms with van der Waals surface area (Å²) in [6.45, 7) is 0.852. The predicted octanol–water partition coefficient (Wildman–Crippen LogP) is 7.01. The second-order valence-corrected chi connectivity index (χ2v) is 11.3. The molecule has 2 N–H and O–H groups in total. The zero-order valence-corrected chi connectivity index (χ0v) is 20.9. The van der Waals surface area contributed by atoms with E-state index in [0.29, 0.717) is 0 Å². The first-order valence-electron chi connectivity index (χ1n) is 12.2. The fraction of sp³-hybridized carbons (Fsp3) is 0.917. The summed E-state index contributed by atoms with van der Waals surface area (Å²) in [4.78, 5) is 0. The normalized spacial score (nSPS) is 12.3. The Kier molecular flexibility index (Phi) is 22.3. The summed E-state index contributed by atoms with van der Waals surface area (Å²) in [6, 6.07) is 0.929. The van der Waals surface area contributed by atoms with Gasteiger partial charge in [-0.15, -0.1) is 0 Å². The highest BCUT2D eigenvalue weighted by molar-refractivity contribution is 6.60. The molecule has 0 aliphatic carbocycles. The highest BCUT2D eigenvalue weighted by atomic mass is 28.4. The van der Waals surface area contributed by atoms with Gasteiger partial charge >= 0.3 is 8.80 Å². The molecule has 0 saturated heterocycles. The zero-order chi connectivity index (χ0) is 21.5. The molecule has 0 aromatic rings. The average molecular weight is 430 g/mol. The minimum Gasteiger partial charge on any atom is -0.377 e. The molecule has 0 aromatic carbocycles. The lowest BCUT2D eigenvalue weighted by atomic mass is 10.1. The Morgan fingerprint density at radius 3 is 1.24 bits per heavy atom. The Morgan fingerprint density at radius 1 is 0.517 bits per heavy atom. The number of nitrogens with two attached hydrogens (primary N) is 1. The van der Waals surface area contributed by atoms with Gasteiger partial charge < -0.3 is 19.0 Å². The number of unbranched alkanes of at least 4 members (excludes halogenated alkanes) is 15. The maximum Gasteiger partial charge on any atom is 0.500 e. The van der Waals surface area contributed by atoms with Gasteiger partial charge in [0.1, 0.15) is 0 Å². The van der Waals surface area contributed by atoms with E-state index in [-0.39, 0.29) is 0 Å². The fourth-order valence-electron chi connectivity index (χ4n) is 3.75. The number of hydrogen-bond acceptors (Lipinski definition) is 4. The Hall–Kier alpha value is -0.203.